The number of carbonyl (C=O) groups excluding carboxylic acids is 1. The molecule has 1 aromatic rings. The van der Waals surface area contributed by atoms with Gasteiger partial charge in [-0.1, -0.05) is 11.6 Å². The molecule has 0 fully saturated rings. The van der Waals surface area contributed by atoms with E-state index in [4.69, 9.17) is 11.6 Å². The molecule has 0 bridgehead atoms. The lowest BCUT2D eigenvalue weighted by Crippen LogP contribution is -2.42. The van der Waals surface area contributed by atoms with Crippen molar-refractivity contribution in [2.24, 2.45) is 0 Å². The largest absolute Gasteiger partial charge is 0.345 e. The summed E-state index contributed by atoms with van der Waals surface area (Å²) in [6.45, 7) is 4.77. The topological polar surface area (TPSA) is 32.3 Å². The van der Waals surface area contributed by atoms with Crippen molar-refractivity contribution < 1.29 is 9.18 Å². The van der Waals surface area contributed by atoms with Gasteiger partial charge in [-0.15, -0.1) is 0 Å². The van der Waals surface area contributed by atoms with E-state index in [0.29, 0.717) is 18.1 Å². The molecule has 0 heterocycles. The van der Waals surface area contributed by atoms with Crippen molar-refractivity contribution in [2.75, 3.05) is 13.6 Å². The van der Waals surface area contributed by atoms with E-state index in [1.807, 2.05) is 6.92 Å². The lowest BCUT2D eigenvalue weighted by atomic mass is 10.2. The first kappa shape index (κ1) is 14.9. The monoisotopic (exact) mass is 272 g/mol. The number of nitrogens with one attached hydrogen (secondary N) is 1. The molecule has 0 spiro atoms. The van der Waals surface area contributed by atoms with Gasteiger partial charge >= 0.3 is 0 Å². The number of hydrogen-bond acceptors (Lipinski definition) is 2. The second-order valence-electron chi connectivity index (χ2n) is 4.23. The third-order valence-electron chi connectivity index (χ3n) is 2.76. The van der Waals surface area contributed by atoms with Crippen LogP contribution in [0.5, 0.6) is 0 Å². The van der Waals surface area contributed by atoms with E-state index in [1.165, 1.54) is 12.1 Å². The van der Waals surface area contributed by atoms with E-state index in [9.17, 15) is 9.18 Å². The van der Waals surface area contributed by atoms with E-state index in [0.717, 1.165) is 5.56 Å². The van der Waals surface area contributed by atoms with E-state index < -0.39 is 0 Å². The molecule has 0 saturated carbocycles. The highest BCUT2D eigenvalue weighted by Crippen LogP contribution is 2.14. The van der Waals surface area contributed by atoms with Crippen molar-refractivity contribution >= 4 is 17.5 Å². The van der Waals surface area contributed by atoms with Crippen LogP contribution < -0.4 is 5.32 Å². The van der Waals surface area contributed by atoms with Crippen molar-refractivity contribution in [3.63, 3.8) is 0 Å². The minimum absolute atomic E-state index is 0.0139. The van der Waals surface area contributed by atoms with Gasteiger partial charge in [-0.3, -0.25) is 4.79 Å². The Morgan fingerprint density at radius 2 is 2.17 bits per heavy atom. The first-order valence-electron chi connectivity index (χ1n) is 5.87. The number of amides is 1. The highest BCUT2D eigenvalue weighted by atomic mass is 35.5. The fourth-order valence-corrected chi connectivity index (χ4v) is 1.80. The van der Waals surface area contributed by atoms with Crippen molar-refractivity contribution in [3.8, 4) is 0 Å². The number of nitrogens with zero attached hydrogens (tertiary/aromatic N) is 1. The molecule has 3 nitrogen and oxygen atoms in total. The summed E-state index contributed by atoms with van der Waals surface area (Å²) in [7, 11) is 1.75. The predicted octanol–water partition coefficient (Wildman–Crippen LogP) is 2.44. The van der Waals surface area contributed by atoms with Gasteiger partial charge in [0.2, 0.25) is 5.91 Å². The van der Waals surface area contributed by atoms with E-state index in [2.05, 4.69) is 5.32 Å². The average Bonchev–Trinajstić information content (AvgIpc) is 2.32. The molecule has 1 amide bonds. The zero-order valence-electron chi connectivity index (χ0n) is 10.8. The summed E-state index contributed by atoms with van der Waals surface area (Å²) in [4.78, 5) is 13.4. The van der Waals surface area contributed by atoms with Gasteiger partial charge in [-0.05, 0) is 37.6 Å². The summed E-state index contributed by atoms with van der Waals surface area (Å²) < 4.78 is 13.1. The van der Waals surface area contributed by atoms with Crippen molar-refractivity contribution in [2.45, 2.75) is 26.4 Å². The molecule has 0 saturated heterocycles. The number of benzene rings is 1. The Labute approximate surface area is 112 Å². The maximum atomic E-state index is 13.1. The molecule has 1 aromatic carbocycles. The molecule has 1 unspecified atom stereocenters. The minimum atomic E-state index is -0.371. The number of carbonyl (C=O) groups is 1. The second kappa shape index (κ2) is 6.71. The summed E-state index contributed by atoms with van der Waals surface area (Å²) in [6, 6.07) is 4.03. The van der Waals surface area contributed by atoms with E-state index in [-0.39, 0.29) is 17.8 Å². The van der Waals surface area contributed by atoms with Gasteiger partial charge in [-0.25, -0.2) is 4.39 Å². The fraction of sp³-hybridized carbons (Fsp3) is 0.462. The smallest absolute Gasteiger partial charge is 0.239 e. The highest BCUT2D eigenvalue weighted by molar-refractivity contribution is 6.30. The van der Waals surface area contributed by atoms with Gasteiger partial charge in [0.05, 0.1) is 6.04 Å². The van der Waals surface area contributed by atoms with Crippen LogP contribution in [0.4, 0.5) is 4.39 Å². The zero-order valence-corrected chi connectivity index (χ0v) is 11.6. The first-order valence-corrected chi connectivity index (χ1v) is 6.25. The van der Waals surface area contributed by atoms with Gasteiger partial charge in [0.1, 0.15) is 5.82 Å². The predicted molar refractivity (Wildman–Crippen MR) is 71.0 cm³/mol. The van der Waals surface area contributed by atoms with Crippen LogP contribution in [0.2, 0.25) is 5.02 Å². The van der Waals surface area contributed by atoms with E-state index in [1.54, 1.807) is 24.9 Å². The minimum Gasteiger partial charge on any atom is -0.345 e. The summed E-state index contributed by atoms with van der Waals surface area (Å²) >= 11 is 5.76. The summed E-state index contributed by atoms with van der Waals surface area (Å²) in [5, 5.41) is 3.41. The van der Waals surface area contributed by atoms with Crippen molar-refractivity contribution in [1.29, 1.82) is 0 Å². The molecule has 5 heteroatoms. The Bertz CT molecular complexity index is 405. The standard InChI is InChI=1S/C13H18ClFN2O/c1-4-17(3)13(18)9(2)16-8-10-5-11(14)7-12(15)6-10/h5-7,9,16H,4,8H2,1-3H3. The van der Waals surface area contributed by atoms with Gasteiger partial charge in [0.25, 0.3) is 0 Å². The zero-order chi connectivity index (χ0) is 13.7. The van der Waals surface area contributed by atoms with Crippen LogP contribution in [0.1, 0.15) is 19.4 Å². The molecule has 0 aliphatic heterocycles. The van der Waals surface area contributed by atoms with Gasteiger partial charge < -0.3 is 10.2 Å². The normalized spacial score (nSPS) is 12.3. The molecule has 0 radical (unpaired) electrons. The molecule has 1 rings (SSSR count). The van der Waals surface area contributed by atoms with Crippen LogP contribution in [0, 0.1) is 5.82 Å². The molecule has 100 valence electrons. The number of rotatable bonds is 5. The van der Waals surface area contributed by atoms with Gasteiger partial charge in [0.15, 0.2) is 0 Å². The van der Waals surface area contributed by atoms with Crippen LogP contribution >= 0.6 is 11.6 Å². The van der Waals surface area contributed by atoms with Crippen LogP contribution in [-0.2, 0) is 11.3 Å². The first-order chi connectivity index (χ1) is 8.43. The maximum absolute atomic E-state index is 13.1. The molecule has 0 aromatic heterocycles. The van der Waals surface area contributed by atoms with Crippen molar-refractivity contribution in [1.82, 2.24) is 10.2 Å². The lowest BCUT2D eigenvalue weighted by Gasteiger charge is -2.20. The van der Waals surface area contributed by atoms with Crippen molar-refractivity contribution in [3.05, 3.63) is 34.6 Å². The Kier molecular flexibility index (Phi) is 5.56. The highest BCUT2D eigenvalue weighted by Gasteiger charge is 2.15. The molecule has 1 N–H and O–H groups in total. The summed E-state index contributed by atoms with van der Waals surface area (Å²) in [6.07, 6.45) is 0. The average molecular weight is 273 g/mol. The Balaban J connectivity index is 2.57. The summed E-state index contributed by atoms with van der Waals surface area (Å²) in [5.41, 5.74) is 0.721. The number of halogens is 2. The van der Waals surface area contributed by atoms with Crippen LogP contribution in [-0.4, -0.2) is 30.4 Å². The Morgan fingerprint density at radius 1 is 1.50 bits per heavy atom. The van der Waals surface area contributed by atoms with E-state index >= 15 is 0 Å². The molecule has 0 aliphatic carbocycles. The van der Waals surface area contributed by atoms with Gasteiger partial charge in [-0.2, -0.15) is 0 Å². The third kappa shape index (κ3) is 4.27. The molecule has 0 aliphatic rings. The second-order valence-corrected chi connectivity index (χ2v) is 4.67. The SMILES string of the molecule is CCN(C)C(=O)C(C)NCc1cc(F)cc(Cl)c1. The molecule has 18 heavy (non-hydrogen) atoms. The molecule has 1 atom stereocenters. The Morgan fingerprint density at radius 3 is 2.72 bits per heavy atom. The molecular weight excluding hydrogens is 255 g/mol. The molecular formula is C13H18ClFN2O. The van der Waals surface area contributed by atoms with Gasteiger partial charge in [0, 0.05) is 25.2 Å². The fourth-order valence-electron chi connectivity index (χ4n) is 1.56. The third-order valence-corrected chi connectivity index (χ3v) is 2.97. The Hall–Kier alpha value is -1.13. The lowest BCUT2D eigenvalue weighted by molar-refractivity contribution is -0.131. The van der Waals surface area contributed by atoms with Crippen LogP contribution in [0.15, 0.2) is 18.2 Å². The number of likely N-dealkylation sites (N-methyl/N-ethyl adjacent to an activating group) is 1. The number of hydrogen-bond donors (Lipinski definition) is 1. The summed E-state index contributed by atoms with van der Waals surface area (Å²) in [5.74, 6) is -0.357. The van der Waals surface area contributed by atoms with Crippen LogP contribution in [0.25, 0.3) is 0 Å². The van der Waals surface area contributed by atoms with Crippen LogP contribution in [0.3, 0.4) is 0 Å². The quantitative estimate of drug-likeness (QED) is 0.893. The maximum Gasteiger partial charge on any atom is 0.239 e.